The Hall–Kier alpha value is -1.65. The van der Waals surface area contributed by atoms with Gasteiger partial charge in [-0.2, -0.15) is 0 Å². The lowest BCUT2D eigenvalue weighted by atomic mass is 9.96. The Labute approximate surface area is 98.0 Å². The van der Waals surface area contributed by atoms with Gasteiger partial charge in [-0.15, -0.1) is 0 Å². The van der Waals surface area contributed by atoms with Gasteiger partial charge < -0.3 is 9.84 Å². The molecule has 1 aromatic rings. The highest BCUT2D eigenvalue weighted by Gasteiger charge is 2.29. The Kier molecular flexibility index (Phi) is 3.70. The molecule has 1 aromatic carbocycles. The summed E-state index contributed by atoms with van der Waals surface area (Å²) in [4.78, 5) is 10.8. The Morgan fingerprint density at radius 1 is 1.47 bits per heavy atom. The van der Waals surface area contributed by atoms with Crippen LogP contribution in [0.3, 0.4) is 0 Å². The van der Waals surface area contributed by atoms with Gasteiger partial charge in [0.05, 0.1) is 18.6 Å². The zero-order chi connectivity index (χ0) is 13.2. The monoisotopic (exact) mass is 244 g/mol. The van der Waals surface area contributed by atoms with Gasteiger partial charge in [0.1, 0.15) is 5.75 Å². The third kappa shape index (κ3) is 2.93. The summed E-state index contributed by atoms with van der Waals surface area (Å²) in [5.74, 6) is -4.90. The molecule has 0 bridgehead atoms. The van der Waals surface area contributed by atoms with Crippen LogP contribution in [0.2, 0.25) is 0 Å². The highest BCUT2D eigenvalue weighted by atomic mass is 19.3. The molecule has 0 saturated carbocycles. The fourth-order valence-electron chi connectivity index (χ4n) is 1.48. The Morgan fingerprint density at radius 3 is 2.47 bits per heavy atom. The normalized spacial score (nSPS) is 13.2. The number of carbonyl (C=O) groups is 1. The topological polar surface area (TPSA) is 46.5 Å². The van der Waals surface area contributed by atoms with Crippen LogP contribution in [-0.4, -0.2) is 18.2 Å². The molecule has 0 radical (unpaired) electrons. The zero-order valence-corrected chi connectivity index (χ0v) is 9.83. The molecule has 0 aliphatic heterocycles. The first-order chi connectivity index (χ1) is 7.77. The van der Waals surface area contributed by atoms with Crippen molar-refractivity contribution >= 4 is 5.97 Å². The van der Waals surface area contributed by atoms with Crippen LogP contribution in [0.15, 0.2) is 18.2 Å². The minimum atomic E-state index is -3.07. The van der Waals surface area contributed by atoms with Gasteiger partial charge in [0.25, 0.3) is 5.92 Å². The maximum Gasteiger partial charge on any atom is 0.310 e. The molecule has 0 aliphatic rings. The van der Waals surface area contributed by atoms with E-state index in [1.165, 1.54) is 32.2 Å². The summed E-state index contributed by atoms with van der Waals surface area (Å²) in [6.45, 7) is 2.20. The first kappa shape index (κ1) is 13.4. The van der Waals surface area contributed by atoms with Gasteiger partial charge in [0.15, 0.2) is 0 Å². The standard InChI is InChI=1S/C12H14F2O3/c1-7(11(15)16)8-4-5-10(17-3)9(6-8)12(2,13)14/h4-7H,1-3H3,(H,15,16). The number of methoxy groups -OCH3 is 1. The highest BCUT2D eigenvalue weighted by molar-refractivity contribution is 5.75. The van der Waals surface area contributed by atoms with E-state index in [4.69, 9.17) is 9.84 Å². The van der Waals surface area contributed by atoms with Gasteiger partial charge in [-0.1, -0.05) is 6.07 Å². The Balaban J connectivity index is 3.27. The van der Waals surface area contributed by atoms with Crippen molar-refractivity contribution in [1.29, 1.82) is 0 Å². The van der Waals surface area contributed by atoms with E-state index in [0.29, 0.717) is 5.56 Å². The van der Waals surface area contributed by atoms with Gasteiger partial charge in [0, 0.05) is 6.92 Å². The molecule has 0 aliphatic carbocycles. The van der Waals surface area contributed by atoms with E-state index in [9.17, 15) is 13.6 Å². The summed E-state index contributed by atoms with van der Waals surface area (Å²) in [6, 6.07) is 4.02. The number of alkyl halides is 2. The summed E-state index contributed by atoms with van der Waals surface area (Å²) in [5.41, 5.74) is 0.0282. The summed E-state index contributed by atoms with van der Waals surface area (Å²) in [5, 5.41) is 8.84. The molecule has 17 heavy (non-hydrogen) atoms. The number of ether oxygens (including phenoxy) is 1. The zero-order valence-electron chi connectivity index (χ0n) is 9.83. The Morgan fingerprint density at radius 2 is 2.06 bits per heavy atom. The number of rotatable bonds is 4. The first-order valence-corrected chi connectivity index (χ1v) is 5.06. The molecule has 5 heteroatoms. The molecule has 1 rings (SSSR count). The van der Waals surface area contributed by atoms with Crippen molar-refractivity contribution in [2.75, 3.05) is 7.11 Å². The van der Waals surface area contributed by atoms with Crippen LogP contribution in [0.5, 0.6) is 5.75 Å². The van der Waals surface area contributed by atoms with Crippen LogP contribution in [0.4, 0.5) is 8.78 Å². The smallest absolute Gasteiger partial charge is 0.310 e. The van der Waals surface area contributed by atoms with Crippen molar-refractivity contribution in [3.63, 3.8) is 0 Å². The van der Waals surface area contributed by atoms with Crippen LogP contribution in [-0.2, 0) is 10.7 Å². The minimum absolute atomic E-state index is 0.0545. The second-order valence-electron chi connectivity index (χ2n) is 3.91. The third-order valence-corrected chi connectivity index (χ3v) is 2.57. The molecule has 0 saturated heterocycles. The number of aliphatic carboxylic acids is 1. The van der Waals surface area contributed by atoms with Gasteiger partial charge in [-0.25, -0.2) is 8.78 Å². The molecular formula is C12H14F2O3. The van der Waals surface area contributed by atoms with Crippen LogP contribution < -0.4 is 4.74 Å². The fourth-order valence-corrected chi connectivity index (χ4v) is 1.48. The van der Waals surface area contributed by atoms with E-state index in [-0.39, 0.29) is 11.3 Å². The molecule has 94 valence electrons. The molecule has 1 N–H and O–H groups in total. The van der Waals surface area contributed by atoms with Crippen molar-refractivity contribution in [3.8, 4) is 5.75 Å². The van der Waals surface area contributed by atoms with Crippen molar-refractivity contribution in [2.45, 2.75) is 25.7 Å². The average molecular weight is 244 g/mol. The molecule has 0 heterocycles. The van der Waals surface area contributed by atoms with Gasteiger partial charge in [-0.05, 0) is 24.6 Å². The predicted molar refractivity (Wildman–Crippen MR) is 58.6 cm³/mol. The second-order valence-corrected chi connectivity index (χ2v) is 3.91. The lowest BCUT2D eigenvalue weighted by molar-refractivity contribution is -0.138. The summed E-state index contributed by atoms with van der Waals surface area (Å²) in [7, 11) is 1.30. The third-order valence-electron chi connectivity index (χ3n) is 2.57. The van der Waals surface area contributed by atoms with E-state index in [0.717, 1.165) is 6.92 Å². The maximum atomic E-state index is 13.3. The SMILES string of the molecule is COc1ccc(C(C)C(=O)O)cc1C(C)(F)F. The van der Waals surface area contributed by atoms with Crippen LogP contribution in [0.25, 0.3) is 0 Å². The maximum absolute atomic E-state index is 13.3. The van der Waals surface area contributed by atoms with E-state index < -0.39 is 17.8 Å². The number of halogens is 2. The van der Waals surface area contributed by atoms with Gasteiger partial charge in [0.2, 0.25) is 0 Å². The van der Waals surface area contributed by atoms with Crippen molar-refractivity contribution in [1.82, 2.24) is 0 Å². The molecule has 0 fully saturated rings. The molecule has 1 atom stereocenters. The summed E-state index contributed by atoms with van der Waals surface area (Å²) >= 11 is 0. The van der Waals surface area contributed by atoms with Crippen molar-refractivity contribution < 1.29 is 23.4 Å². The lowest BCUT2D eigenvalue weighted by Gasteiger charge is -2.17. The number of hydrogen-bond donors (Lipinski definition) is 1. The molecule has 1 unspecified atom stereocenters. The molecule has 0 spiro atoms. The number of benzene rings is 1. The first-order valence-electron chi connectivity index (χ1n) is 5.06. The minimum Gasteiger partial charge on any atom is -0.496 e. The quantitative estimate of drug-likeness (QED) is 0.885. The van der Waals surface area contributed by atoms with Crippen LogP contribution >= 0.6 is 0 Å². The largest absolute Gasteiger partial charge is 0.496 e. The number of carboxylic acids is 1. The van der Waals surface area contributed by atoms with Crippen LogP contribution in [0, 0.1) is 0 Å². The van der Waals surface area contributed by atoms with E-state index in [1.807, 2.05) is 0 Å². The fraction of sp³-hybridized carbons (Fsp3) is 0.417. The van der Waals surface area contributed by atoms with Crippen LogP contribution in [0.1, 0.15) is 30.9 Å². The molecule has 0 aromatic heterocycles. The molecule has 0 amide bonds. The van der Waals surface area contributed by atoms with Crippen molar-refractivity contribution in [2.24, 2.45) is 0 Å². The van der Waals surface area contributed by atoms with Gasteiger partial charge in [-0.3, -0.25) is 4.79 Å². The van der Waals surface area contributed by atoms with Crippen molar-refractivity contribution in [3.05, 3.63) is 29.3 Å². The summed E-state index contributed by atoms with van der Waals surface area (Å²) in [6.07, 6.45) is 0. The Bertz CT molecular complexity index is 424. The van der Waals surface area contributed by atoms with E-state index >= 15 is 0 Å². The average Bonchev–Trinajstić information content (AvgIpc) is 2.25. The van der Waals surface area contributed by atoms with Gasteiger partial charge >= 0.3 is 5.97 Å². The summed E-state index contributed by atoms with van der Waals surface area (Å²) < 4.78 is 31.5. The highest BCUT2D eigenvalue weighted by Crippen LogP contribution is 2.36. The molecule has 3 nitrogen and oxygen atoms in total. The number of hydrogen-bond acceptors (Lipinski definition) is 2. The van der Waals surface area contributed by atoms with E-state index in [1.54, 1.807) is 0 Å². The van der Waals surface area contributed by atoms with E-state index in [2.05, 4.69) is 0 Å². The predicted octanol–water partition coefficient (Wildman–Crippen LogP) is 3.00. The molecular weight excluding hydrogens is 230 g/mol. The lowest BCUT2D eigenvalue weighted by Crippen LogP contribution is -2.13. The number of carboxylic acid groups (broad SMARTS) is 1. The second kappa shape index (κ2) is 4.69.